The largest absolute Gasteiger partial charge is 0.478 e. The predicted molar refractivity (Wildman–Crippen MR) is 86.9 cm³/mol. The number of halogens is 2. The number of methoxy groups -OCH3 is 1. The minimum absolute atomic E-state index is 0.0606. The zero-order valence-corrected chi connectivity index (χ0v) is 14.5. The van der Waals surface area contributed by atoms with Gasteiger partial charge in [0.05, 0.1) is 17.2 Å². The van der Waals surface area contributed by atoms with Gasteiger partial charge in [-0.2, -0.15) is 0 Å². The average Bonchev–Trinajstić information content (AvgIpc) is 2.44. The quantitative estimate of drug-likeness (QED) is 0.807. The molecular formula is C15H13Br2NO3. The number of hydrogen-bond donors (Lipinski definition) is 1. The van der Waals surface area contributed by atoms with E-state index in [1.165, 1.54) is 0 Å². The van der Waals surface area contributed by atoms with Crippen molar-refractivity contribution in [3.05, 3.63) is 37.9 Å². The molecule has 0 radical (unpaired) electrons. The van der Waals surface area contributed by atoms with Crippen molar-refractivity contribution < 1.29 is 14.6 Å². The number of carbonyl (C=O) groups is 1. The van der Waals surface area contributed by atoms with Gasteiger partial charge in [-0.15, -0.1) is 0 Å². The second-order valence-corrected chi connectivity index (χ2v) is 6.87. The maximum Gasteiger partial charge on any atom is 0.336 e. The molecule has 4 nitrogen and oxygen atoms in total. The SMILES string of the molecule is COC1CCc2nc3c(Br)cc(Br)cc3c(C(=O)O)c2C1. The third kappa shape index (κ3) is 2.60. The van der Waals surface area contributed by atoms with Crippen LogP contribution in [0.4, 0.5) is 0 Å². The number of rotatable bonds is 2. The number of hydrogen-bond acceptors (Lipinski definition) is 3. The molecule has 1 aromatic carbocycles. The molecule has 6 heteroatoms. The van der Waals surface area contributed by atoms with E-state index in [2.05, 4.69) is 36.8 Å². The Hall–Kier alpha value is -0.980. The average molecular weight is 415 g/mol. The van der Waals surface area contributed by atoms with Crippen LogP contribution in [-0.2, 0) is 17.6 Å². The first kappa shape index (κ1) is 14.9. The summed E-state index contributed by atoms with van der Waals surface area (Å²) < 4.78 is 7.02. The molecule has 0 bridgehead atoms. The van der Waals surface area contributed by atoms with Crippen LogP contribution in [0.1, 0.15) is 28.0 Å². The molecule has 1 aliphatic carbocycles. The molecule has 1 aliphatic rings. The zero-order chi connectivity index (χ0) is 15.1. The number of nitrogens with zero attached hydrogens (tertiary/aromatic N) is 1. The Morgan fingerprint density at radius 1 is 1.43 bits per heavy atom. The van der Waals surface area contributed by atoms with Crippen LogP contribution in [0.3, 0.4) is 0 Å². The molecule has 1 unspecified atom stereocenters. The van der Waals surface area contributed by atoms with Gasteiger partial charge in [0.15, 0.2) is 0 Å². The molecule has 2 aromatic rings. The number of carboxylic acids is 1. The zero-order valence-electron chi connectivity index (χ0n) is 11.3. The van der Waals surface area contributed by atoms with Gasteiger partial charge in [0, 0.05) is 33.6 Å². The Morgan fingerprint density at radius 2 is 2.19 bits per heavy atom. The molecule has 0 spiro atoms. The van der Waals surface area contributed by atoms with E-state index in [1.54, 1.807) is 7.11 Å². The number of aromatic nitrogens is 1. The maximum absolute atomic E-state index is 11.8. The lowest BCUT2D eigenvalue weighted by Crippen LogP contribution is -2.24. The summed E-state index contributed by atoms with van der Waals surface area (Å²) in [7, 11) is 1.66. The lowest BCUT2D eigenvalue weighted by Gasteiger charge is -2.25. The summed E-state index contributed by atoms with van der Waals surface area (Å²) in [4.78, 5) is 16.5. The van der Waals surface area contributed by atoms with Gasteiger partial charge in [-0.1, -0.05) is 15.9 Å². The Morgan fingerprint density at radius 3 is 2.86 bits per heavy atom. The van der Waals surface area contributed by atoms with E-state index in [9.17, 15) is 9.90 Å². The van der Waals surface area contributed by atoms with Crippen LogP contribution in [0, 0.1) is 0 Å². The number of aryl methyl sites for hydroxylation is 1. The Labute approximate surface area is 138 Å². The molecule has 3 rings (SSSR count). The fourth-order valence-electron chi connectivity index (χ4n) is 2.88. The molecule has 1 N–H and O–H groups in total. The first-order valence-electron chi connectivity index (χ1n) is 6.58. The molecule has 0 saturated carbocycles. The summed E-state index contributed by atoms with van der Waals surface area (Å²) in [6.07, 6.45) is 2.27. The van der Waals surface area contributed by atoms with E-state index < -0.39 is 5.97 Å². The third-order valence-corrected chi connectivity index (χ3v) is 4.94. The first-order valence-corrected chi connectivity index (χ1v) is 8.16. The van der Waals surface area contributed by atoms with Crippen LogP contribution in [-0.4, -0.2) is 29.3 Å². The van der Waals surface area contributed by atoms with Crippen molar-refractivity contribution in [2.45, 2.75) is 25.4 Å². The van der Waals surface area contributed by atoms with Gasteiger partial charge in [0.2, 0.25) is 0 Å². The van der Waals surface area contributed by atoms with Gasteiger partial charge in [-0.05, 0) is 46.5 Å². The van der Waals surface area contributed by atoms with Crippen molar-refractivity contribution in [3.8, 4) is 0 Å². The van der Waals surface area contributed by atoms with Crippen molar-refractivity contribution in [2.75, 3.05) is 7.11 Å². The Bertz CT molecular complexity index is 746. The number of ether oxygens (including phenoxy) is 1. The van der Waals surface area contributed by atoms with Crippen LogP contribution in [0.2, 0.25) is 0 Å². The van der Waals surface area contributed by atoms with Gasteiger partial charge in [-0.25, -0.2) is 4.79 Å². The lowest BCUT2D eigenvalue weighted by atomic mass is 9.88. The molecule has 1 heterocycles. The van der Waals surface area contributed by atoms with Crippen LogP contribution < -0.4 is 0 Å². The van der Waals surface area contributed by atoms with Crippen LogP contribution in [0.5, 0.6) is 0 Å². The maximum atomic E-state index is 11.8. The Kier molecular flexibility index (Phi) is 4.03. The highest BCUT2D eigenvalue weighted by molar-refractivity contribution is 9.11. The van der Waals surface area contributed by atoms with E-state index in [0.29, 0.717) is 22.9 Å². The van der Waals surface area contributed by atoms with Crippen molar-refractivity contribution in [2.24, 2.45) is 0 Å². The minimum Gasteiger partial charge on any atom is -0.478 e. The molecule has 0 fully saturated rings. The van der Waals surface area contributed by atoms with E-state index >= 15 is 0 Å². The summed E-state index contributed by atoms with van der Waals surface area (Å²) in [6, 6.07) is 3.70. The number of benzene rings is 1. The van der Waals surface area contributed by atoms with Gasteiger partial charge in [-0.3, -0.25) is 4.98 Å². The van der Waals surface area contributed by atoms with Crippen LogP contribution in [0.15, 0.2) is 21.1 Å². The van der Waals surface area contributed by atoms with E-state index in [-0.39, 0.29) is 6.10 Å². The molecule has 0 amide bonds. The first-order chi connectivity index (χ1) is 10.0. The standard InChI is InChI=1S/C15H13Br2NO3/c1-21-8-2-3-12-9(6-8)13(15(19)20)10-4-7(16)5-11(17)14(10)18-12/h4-5,8H,2-3,6H2,1H3,(H,19,20). The molecule has 0 aliphatic heterocycles. The second kappa shape index (κ2) is 5.66. The third-order valence-electron chi connectivity index (χ3n) is 3.88. The second-order valence-electron chi connectivity index (χ2n) is 5.10. The summed E-state index contributed by atoms with van der Waals surface area (Å²) in [5.41, 5.74) is 2.72. The highest BCUT2D eigenvalue weighted by Crippen LogP contribution is 2.35. The molecule has 1 atom stereocenters. The van der Waals surface area contributed by atoms with Crippen LogP contribution >= 0.6 is 31.9 Å². The molecule has 1 aromatic heterocycles. The predicted octanol–water partition coefficient (Wildman–Crippen LogP) is 3.96. The van der Waals surface area contributed by atoms with Crippen molar-refractivity contribution in [3.63, 3.8) is 0 Å². The molecule has 0 saturated heterocycles. The fraction of sp³-hybridized carbons (Fsp3) is 0.333. The normalized spacial score (nSPS) is 17.8. The summed E-state index contributed by atoms with van der Waals surface area (Å²) >= 11 is 6.89. The molecular weight excluding hydrogens is 402 g/mol. The van der Waals surface area contributed by atoms with Gasteiger partial charge in [0.25, 0.3) is 0 Å². The number of carboxylic acid groups (broad SMARTS) is 1. The topological polar surface area (TPSA) is 59.4 Å². The highest BCUT2D eigenvalue weighted by Gasteiger charge is 2.27. The molecule has 21 heavy (non-hydrogen) atoms. The number of aromatic carboxylic acids is 1. The van der Waals surface area contributed by atoms with Gasteiger partial charge in [0.1, 0.15) is 0 Å². The smallest absolute Gasteiger partial charge is 0.336 e. The summed E-state index contributed by atoms with van der Waals surface area (Å²) in [5, 5.41) is 10.3. The fourth-order valence-corrected chi connectivity index (χ4v) is 4.19. The summed E-state index contributed by atoms with van der Waals surface area (Å²) in [6.45, 7) is 0. The molecule has 110 valence electrons. The van der Waals surface area contributed by atoms with Crippen molar-refractivity contribution >= 4 is 48.7 Å². The number of pyridine rings is 1. The lowest BCUT2D eigenvalue weighted by molar-refractivity contribution is 0.0690. The van der Waals surface area contributed by atoms with Crippen LogP contribution in [0.25, 0.3) is 10.9 Å². The number of fused-ring (bicyclic) bond motifs is 2. The van der Waals surface area contributed by atoms with Gasteiger partial charge >= 0.3 is 5.97 Å². The van der Waals surface area contributed by atoms with Crippen molar-refractivity contribution in [1.82, 2.24) is 4.98 Å². The monoisotopic (exact) mass is 413 g/mol. The van der Waals surface area contributed by atoms with E-state index in [0.717, 1.165) is 33.0 Å². The van der Waals surface area contributed by atoms with E-state index in [1.807, 2.05) is 12.1 Å². The summed E-state index contributed by atoms with van der Waals surface area (Å²) in [5.74, 6) is -0.916. The van der Waals surface area contributed by atoms with Crippen molar-refractivity contribution in [1.29, 1.82) is 0 Å². The Balaban J connectivity index is 2.35. The minimum atomic E-state index is -0.916. The van der Waals surface area contributed by atoms with E-state index in [4.69, 9.17) is 4.74 Å². The highest BCUT2D eigenvalue weighted by atomic mass is 79.9. The van der Waals surface area contributed by atoms with Gasteiger partial charge < -0.3 is 9.84 Å².